The number of carbonyl (C=O) groups is 1. The van der Waals surface area contributed by atoms with Crippen molar-refractivity contribution in [2.75, 3.05) is 13.1 Å². The fraction of sp³-hybridized carbons (Fsp3) is 0.533. The van der Waals surface area contributed by atoms with Gasteiger partial charge in [-0.15, -0.1) is 0 Å². The van der Waals surface area contributed by atoms with Crippen molar-refractivity contribution in [2.24, 2.45) is 0 Å². The van der Waals surface area contributed by atoms with Crippen LogP contribution < -0.4 is 0 Å². The summed E-state index contributed by atoms with van der Waals surface area (Å²) in [6.07, 6.45) is 0.197. The molecule has 0 amide bonds. The molecule has 0 heterocycles. The van der Waals surface area contributed by atoms with Crippen molar-refractivity contribution in [1.82, 2.24) is 4.90 Å². The fourth-order valence-electron chi connectivity index (χ4n) is 2.33. The summed E-state index contributed by atoms with van der Waals surface area (Å²) < 4.78 is 0. The second-order valence-corrected chi connectivity index (χ2v) is 4.87. The maximum atomic E-state index is 10.7. The van der Waals surface area contributed by atoms with E-state index in [1.165, 1.54) is 16.7 Å². The molecule has 0 bridgehead atoms. The lowest BCUT2D eigenvalue weighted by atomic mass is 10.0. The molecule has 1 N–H and O–H groups in total. The number of hydrogen-bond donors (Lipinski definition) is 1. The van der Waals surface area contributed by atoms with Crippen LogP contribution in [-0.2, 0) is 4.79 Å². The molecule has 1 unspecified atom stereocenters. The van der Waals surface area contributed by atoms with Crippen molar-refractivity contribution in [1.29, 1.82) is 0 Å². The average molecular weight is 249 g/mol. The maximum Gasteiger partial charge on any atom is 0.304 e. The Hall–Kier alpha value is -1.35. The van der Waals surface area contributed by atoms with Crippen LogP contribution in [0.4, 0.5) is 0 Å². The highest BCUT2D eigenvalue weighted by molar-refractivity contribution is 5.66. The van der Waals surface area contributed by atoms with Crippen LogP contribution in [0.2, 0.25) is 0 Å². The highest BCUT2D eigenvalue weighted by atomic mass is 16.4. The van der Waals surface area contributed by atoms with Gasteiger partial charge in [0, 0.05) is 12.6 Å². The van der Waals surface area contributed by atoms with E-state index in [0.717, 1.165) is 6.54 Å². The van der Waals surface area contributed by atoms with Crippen molar-refractivity contribution in [2.45, 2.75) is 40.2 Å². The van der Waals surface area contributed by atoms with Crippen LogP contribution in [0.15, 0.2) is 18.2 Å². The summed E-state index contributed by atoms with van der Waals surface area (Å²) in [5.41, 5.74) is 3.78. The highest BCUT2D eigenvalue weighted by Crippen LogP contribution is 2.22. The zero-order valence-corrected chi connectivity index (χ0v) is 11.7. The lowest BCUT2D eigenvalue weighted by molar-refractivity contribution is -0.137. The first-order valence-electron chi connectivity index (χ1n) is 6.48. The molecule has 3 nitrogen and oxygen atoms in total. The topological polar surface area (TPSA) is 40.5 Å². The standard InChI is InChI=1S/C15H23NO2/c1-5-16(7-6-15(17)18)13(4)14-9-11(2)8-12(3)10-14/h8-10,13H,5-7H2,1-4H3,(H,17,18). The van der Waals surface area contributed by atoms with Gasteiger partial charge in [0.15, 0.2) is 0 Å². The van der Waals surface area contributed by atoms with E-state index in [1.54, 1.807) is 0 Å². The molecule has 1 atom stereocenters. The highest BCUT2D eigenvalue weighted by Gasteiger charge is 2.15. The number of hydrogen-bond acceptors (Lipinski definition) is 2. The maximum absolute atomic E-state index is 10.7. The normalized spacial score (nSPS) is 12.7. The Kier molecular flexibility index (Phi) is 5.35. The van der Waals surface area contributed by atoms with E-state index in [4.69, 9.17) is 5.11 Å². The lowest BCUT2D eigenvalue weighted by Crippen LogP contribution is -2.29. The molecule has 3 heteroatoms. The van der Waals surface area contributed by atoms with Gasteiger partial charge >= 0.3 is 5.97 Å². The summed E-state index contributed by atoms with van der Waals surface area (Å²) in [7, 11) is 0. The molecule has 0 saturated carbocycles. The van der Waals surface area contributed by atoms with Gasteiger partial charge in [-0.1, -0.05) is 36.2 Å². The largest absolute Gasteiger partial charge is 0.481 e. The summed E-state index contributed by atoms with van der Waals surface area (Å²) in [6, 6.07) is 6.78. The molecule has 100 valence electrons. The number of rotatable bonds is 6. The summed E-state index contributed by atoms with van der Waals surface area (Å²) in [5.74, 6) is -0.735. The lowest BCUT2D eigenvalue weighted by Gasteiger charge is -2.28. The quantitative estimate of drug-likeness (QED) is 0.842. The number of carboxylic acid groups (broad SMARTS) is 1. The van der Waals surface area contributed by atoms with E-state index in [2.05, 4.69) is 50.8 Å². The smallest absolute Gasteiger partial charge is 0.304 e. The summed E-state index contributed by atoms with van der Waals surface area (Å²) in [6.45, 7) is 9.86. The van der Waals surface area contributed by atoms with Gasteiger partial charge in [0.1, 0.15) is 0 Å². The van der Waals surface area contributed by atoms with Gasteiger partial charge in [0.25, 0.3) is 0 Å². The van der Waals surface area contributed by atoms with Gasteiger partial charge in [-0.3, -0.25) is 9.69 Å². The molecule has 1 rings (SSSR count). The molecule has 0 saturated heterocycles. The van der Waals surface area contributed by atoms with Gasteiger partial charge in [0.05, 0.1) is 6.42 Å². The van der Waals surface area contributed by atoms with Crippen LogP contribution in [0.3, 0.4) is 0 Å². The molecule has 0 aliphatic carbocycles. The Balaban J connectivity index is 2.81. The Morgan fingerprint density at radius 2 is 1.83 bits per heavy atom. The van der Waals surface area contributed by atoms with Gasteiger partial charge < -0.3 is 5.11 Å². The zero-order chi connectivity index (χ0) is 13.7. The minimum atomic E-state index is -0.735. The van der Waals surface area contributed by atoms with E-state index in [0.29, 0.717) is 6.54 Å². The first kappa shape index (κ1) is 14.7. The minimum absolute atomic E-state index is 0.197. The third-order valence-corrected chi connectivity index (χ3v) is 3.29. The number of carboxylic acids is 1. The molecular weight excluding hydrogens is 226 g/mol. The van der Waals surface area contributed by atoms with Gasteiger partial charge in [-0.25, -0.2) is 0 Å². The predicted octanol–water partition coefficient (Wildman–Crippen LogP) is 3.16. The predicted molar refractivity (Wildman–Crippen MR) is 73.8 cm³/mol. The van der Waals surface area contributed by atoms with Crippen LogP contribution in [-0.4, -0.2) is 29.1 Å². The molecule has 0 aliphatic rings. The van der Waals surface area contributed by atoms with E-state index in [9.17, 15) is 4.79 Å². The van der Waals surface area contributed by atoms with Crippen LogP contribution in [0.25, 0.3) is 0 Å². The van der Waals surface area contributed by atoms with E-state index < -0.39 is 5.97 Å². The number of aliphatic carboxylic acids is 1. The van der Waals surface area contributed by atoms with Crippen molar-refractivity contribution in [3.63, 3.8) is 0 Å². The summed E-state index contributed by atoms with van der Waals surface area (Å²) in [4.78, 5) is 12.9. The van der Waals surface area contributed by atoms with E-state index in [1.807, 2.05) is 0 Å². The molecule has 1 aromatic carbocycles. The number of nitrogens with zero attached hydrogens (tertiary/aromatic N) is 1. The van der Waals surface area contributed by atoms with Gasteiger partial charge in [-0.2, -0.15) is 0 Å². The van der Waals surface area contributed by atoms with Gasteiger partial charge in [-0.05, 0) is 32.9 Å². The first-order chi connectivity index (χ1) is 8.43. The molecule has 0 aromatic heterocycles. The molecule has 0 fully saturated rings. The van der Waals surface area contributed by atoms with Crippen LogP contribution in [0.5, 0.6) is 0 Å². The molecular formula is C15H23NO2. The average Bonchev–Trinajstić information content (AvgIpc) is 2.27. The van der Waals surface area contributed by atoms with Crippen molar-refractivity contribution >= 4 is 5.97 Å². The Morgan fingerprint density at radius 1 is 1.28 bits per heavy atom. The van der Waals surface area contributed by atoms with Crippen LogP contribution in [0.1, 0.15) is 43.0 Å². The number of aryl methyl sites for hydroxylation is 2. The Labute approximate surface area is 109 Å². The third kappa shape index (κ3) is 4.15. The summed E-state index contributed by atoms with van der Waals surface area (Å²) in [5, 5.41) is 8.77. The van der Waals surface area contributed by atoms with E-state index in [-0.39, 0.29) is 12.5 Å². The van der Waals surface area contributed by atoms with Crippen LogP contribution >= 0.6 is 0 Å². The molecule has 0 spiro atoms. The van der Waals surface area contributed by atoms with Crippen LogP contribution in [0, 0.1) is 13.8 Å². The third-order valence-electron chi connectivity index (χ3n) is 3.29. The second-order valence-electron chi connectivity index (χ2n) is 4.87. The second kappa shape index (κ2) is 6.55. The minimum Gasteiger partial charge on any atom is -0.481 e. The van der Waals surface area contributed by atoms with Crippen molar-refractivity contribution in [3.8, 4) is 0 Å². The van der Waals surface area contributed by atoms with E-state index >= 15 is 0 Å². The molecule has 18 heavy (non-hydrogen) atoms. The van der Waals surface area contributed by atoms with Crippen molar-refractivity contribution < 1.29 is 9.90 Å². The Morgan fingerprint density at radius 3 is 2.28 bits per heavy atom. The summed E-state index contributed by atoms with van der Waals surface area (Å²) >= 11 is 0. The SMILES string of the molecule is CCN(CCC(=O)O)C(C)c1cc(C)cc(C)c1. The molecule has 0 radical (unpaired) electrons. The number of benzene rings is 1. The first-order valence-corrected chi connectivity index (χ1v) is 6.48. The zero-order valence-electron chi connectivity index (χ0n) is 11.7. The molecule has 0 aliphatic heterocycles. The Bertz CT molecular complexity index is 395. The monoisotopic (exact) mass is 249 g/mol. The van der Waals surface area contributed by atoms with Crippen molar-refractivity contribution in [3.05, 3.63) is 34.9 Å². The molecule has 1 aromatic rings. The fourth-order valence-corrected chi connectivity index (χ4v) is 2.33. The van der Waals surface area contributed by atoms with Gasteiger partial charge in [0.2, 0.25) is 0 Å².